The number of hydrogen-bond acceptors (Lipinski definition) is 8. The molecule has 0 radical (unpaired) electrons. The van der Waals surface area contributed by atoms with E-state index < -0.39 is 51.7 Å². The molecule has 10 nitrogen and oxygen atoms in total. The quantitative estimate of drug-likeness (QED) is 0.600. The predicted molar refractivity (Wildman–Crippen MR) is 118 cm³/mol. The number of anilines is 1. The highest BCUT2D eigenvalue weighted by Crippen LogP contribution is 2.34. The van der Waals surface area contributed by atoms with Gasteiger partial charge < -0.3 is 11.1 Å². The number of halogens is 4. The van der Waals surface area contributed by atoms with Gasteiger partial charge in [0.05, 0.1) is 16.4 Å². The molecule has 0 bridgehead atoms. The second kappa shape index (κ2) is 9.37. The number of aliphatic imine (C=N–C) groups is 1. The molecule has 2 aromatic rings. The Morgan fingerprint density at radius 2 is 2.09 bits per heavy atom. The molecule has 0 aromatic carbocycles. The van der Waals surface area contributed by atoms with Crippen molar-refractivity contribution in [2.45, 2.75) is 25.6 Å². The minimum Gasteiger partial charge on any atom is -0.369 e. The topological polar surface area (TPSA) is 150 Å². The molecule has 3 heterocycles. The van der Waals surface area contributed by atoms with E-state index in [0.29, 0.717) is 5.56 Å². The fraction of sp³-hybridized carbons (Fsp3) is 0.300. The van der Waals surface area contributed by atoms with E-state index in [2.05, 4.69) is 24.6 Å². The Morgan fingerprint density at radius 1 is 1.40 bits per heavy atom. The van der Waals surface area contributed by atoms with Crippen LogP contribution in [0.2, 0.25) is 0 Å². The van der Waals surface area contributed by atoms with Crippen LogP contribution in [0.1, 0.15) is 34.2 Å². The average Bonchev–Trinajstić information content (AvgIpc) is 2.78. The van der Waals surface area contributed by atoms with Crippen molar-refractivity contribution in [2.24, 2.45) is 15.1 Å². The Labute approximate surface area is 199 Å². The van der Waals surface area contributed by atoms with Crippen LogP contribution in [0.25, 0.3) is 0 Å². The Morgan fingerprint density at radius 3 is 2.69 bits per heavy atom. The van der Waals surface area contributed by atoms with E-state index in [0.717, 1.165) is 23.4 Å². The van der Waals surface area contributed by atoms with E-state index in [1.54, 1.807) is 6.92 Å². The molecular weight excluding hydrogens is 492 g/mol. The number of alkyl halides is 3. The molecule has 0 fully saturated rings. The SMILES string of the molecule is Cc1cc(C#N)cnc1C(=O)Nc1ccc(F)c([C@@]2(C)N=C(N)N(C)[S@@](=NCC(F)(F)F)C2=O)n1. The fourth-order valence-corrected chi connectivity index (χ4v) is 4.59. The highest BCUT2D eigenvalue weighted by Gasteiger charge is 2.47. The predicted octanol–water partition coefficient (Wildman–Crippen LogP) is 2.33. The van der Waals surface area contributed by atoms with Crippen LogP contribution in [0.5, 0.6) is 0 Å². The van der Waals surface area contributed by atoms with Crippen molar-refractivity contribution in [2.75, 3.05) is 18.9 Å². The summed E-state index contributed by atoms with van der Waals surface area (Å²) in [6.45, 7) is 1.10. The minimum atomic E-state index is -4.67. The largest absolute Gasteiger partial charge is 0.408 e. The van der Waals surface area contributed by atoms with Crippen LogP contribution in [-0.2, 0) is 21.2 Å². The third-order valence-corrected chi connectivity index (χ3v) is 6.63. The van der Waals surface area contributed by atoms with Crippen LogP contribution in [0.3, 0.4) is 0 Å². The lowest BCUT2D eigenvalue weighted by atomic mass is 9.99. The lowest BCUT2D eigenvalue weighted by Crippen LogP contribution is -2.51. The minimum absolute atomic E-state index is 0.0204. The van der Waals surface area contributed by atoms with Gasteiger partial charge in [-0.05, 0) is 37.6 Å². The van der Waals surface area contributed by atoms with Crippen molar-refractivity contribution in [3.8, 4) is 6.07 Å². The van der Waals surface area contributed by atoms with Gasteiger partial charge in [0.25, 0.3) is 11.0 Å². The smallest absolute Gasteiger partial charge is 0.369 e. The molecule has 3 rings (SSSR count). The summed E-state index contributed by atoms with van der Waals surface area (Å²) in [5, 5.41) is 10.4. The van der Waals surface area contributed by atoms with Crippen LogP contribution >= 0.6 is 0 Å². The third-order valence-electron chi connectivity index (χ3n) is 4.82. The number of nitrogens with zero attached hydrogens (tertiary/aromatic N) is 6. The van der Waals surface area contributed by atoms with Gasteiger partial charge in [-0.3, -0.25) is 13.9 Å². The molecule has 0 saturated carbocycles. The third kappa shape index (κ3) is 5.27. The Hall–Kier alpha value is -3.93. The van der Waals surface area contributed by atoms with Crippen molar-refractivity contribution in [3.63, 3.8) is 0 Å². The fourth-order valence-electron chi connectivity index (χ4n) is 3.07. The number of nitrogens with one attached hydrogen (secondary N) is 1. The Kier molecular flexibility index (Phi) is 6.88. The Bertz CT molecular complexity index is 1320. The highest BCUT2D eigenvalue weighted by atomic mass is 32.2. The molecule has 1 amide bonds. The summed E-state index contributed by atoms with van der Waals surface area (Å²) in [5.74, 6) is -2.23. The molecule has 3 N–H and O–H groups in total. The normalized spacial score (nSPS) is 20.4. The number of rotatable bonds is 4. The molecule has 15 heteroatoms. The van der Waals surface area contributed by atoms with Crippen LogP contribution < -0.4 is 11.1 Å². The maximum absolute atomic E-state index is 14.8. The van der Waals surface area contributed by atoms with E-state index in [-0.39, 0.29) is 23.0 Å². The summed E-state index contributed by atoms with van der Waals surface area (Å²) < 4.78 is 57.3. The molecule has 0 unspecified atom stereocenters. The Balaban J connectivity index is 2.00. The average molecular weight is 510 g/mol. The monoisotopic (exact) mass is 510 g/mol. The maximum atomic E-state index is 14.8. The molecule has 2 aromatic heterocycles. The van der Waals surface area contributed by atoms with Crippen molar-refractivity contribution in [1.82, 2.24) is 14.3 Å². The van der Waals surface area contributed by atoms with Gasteiger partial charge in [0, 0.05) is 13.2 Å². The van der Waals surface area contributed by atoms with Crippen LogP contribution in [0.4, 0.5) is 23.4 Å². The number of nitrogens with two attached hydrogens (primary N) is 1. The number of pyridine rings is 2. The van der Waals surface area contributed by atoms with Crippen LogP contribution in [-0.4, -0.2) is 51.0 Å². The van der Waals surface area contributed by atoms with Crippen LogP contribution in [0.15, 0.2) is 33.8 Å². The van der Waals surface area contributed by atoms with Gasteiger partial charge in [0.1, 0.15) is 35.6 Å². The molecule has 35 heavy (non-hydrogen) atoms. The van der Waals surface area contributed by atoms with Gasteiger partial charge >= 0.3 is 6.18 Å². The van der Waals surface area contributed by atoms with E-state index >= 15 is 0 Å². The summed E-state index contributed by atoms with van der Waals surface area (Å²) in [6, 6.07) is 5.39. The zero-order valence-corrected chi connectivity index (χ0v) is 19.3. The number of carbonyl (C=O) groups excluding carboxylic acids is 2. The molecular formula is C20H18F4N8O2S. The number of amides is 1. The molecule has 0 saturated heterocycles. The molecule has 1 aliphatic rings. The first-order valence-electron chi connectivity index (χ1n) is 9.74. The summed E-state index contributed by atoms with van der Waals surface area (Å²) in [6.07, 6.45) is -3.47. The molecule has 2 atom stereocenters. The van der Waals surface area contributed by atoms with Crippen molar-refractivity contribution in [3.05, 3.63) is 52.7 Å². The lowest BCUT2D eigenvalue weighted by molar-refractivity contribution is -0.118. The first-order chi connectivity index (χ1) is 16.3. The molecule has 0 aliphatic carbocycles. The summed E-state index contributed by atoms with van der Waals surface area (Å²) in [5.41, 5.74) is 3.77. The van der Waals surface area contributed by atoms with Gasteiger partial charge in [0.2, 0.25) is 5.96 Å². The number of nitriles is 1. The summed E-state index contributed by atoms with van der Waals surface area (Å²) in [7, 11) is -0.786. The lowest BCUT2D eigenvalue weighted by Gasteiger charge is -2.34. The second-order valence-corrected chi connectivity index (χ2v) is 9.18. The van der Waals surface area contributed by atoms with Gasteiger partial charge in [-0.1, -0.05) is 0 Å². The zero-order valence-electron chi connectivity index (χ0n) is 18.5. The van der Waals surface area contributed by atoms with E-state index in [9.17, 15) is 27.2 Å². The maximum Gasteiger partial charge on any atom is 0.408 e. The highest BCUT2D eigenvalue weighted by molar-refractivity contribution is 8.01. The first-order valence-corrected chi connectivity index (χ1v) is 10.9. The van der Waals surface area contributed by atoms with E-state index in [1.807, 2.05) is 6.07 Å². The van der Waals surface area contributed by atoms with Crippen molar-refractivity contribution >= 4 is 33.7 Å². The van der Waals surface area contributed by atoms with Crippen LogP contribution in [0, 0.1) is 24.1 Å². The summed E-state index contributed by atoms with van der Waals surface area (Å²) in [4.78, 5) is 37.7. The zero-order chi connectivity index (χ0) is 26.1. The molecule has 0 spiro atoms. The van der Waals surface area contributed by atoms with E-state index in [4.69, 9.17) is 11.0 Å². The standard InChI is InChI=1S/C20H18F4N8O2S/c1-10-6-11(7-25)8-27-14(10)16(33)30-13-5-4-12(21)15(29-13)19(2)17(34)35(28-9-20(22,23)24)32(3)18(26)31-19/h4-6,8H,9H2,1-3H3,(H2,26,31)(H,29,30,33)/t19-,35-/m1/s1. The second-order valence-electron chi connectivity index (χ2n) is 7.48. The van der Waals surface area contributed by atoms with Gasteiger partial charge in [-0.15, -0.1) is 0 Å². The first kappa shape index (κ1) is 25.7. The van der Waals surface area contributed by atoms with Crippen molar-refractivity contribution < 1.29 is 27.2 Å². The molecule has 184 valence electrons. The van der Waals surface area contributed by atoms with Gasteiger partial charge in [0.15, 0.2) is 5.54 Å². The van der Waals surface area contributed by atoms with Gasteiger partial charge in [-0.2, -0.15) is 18.4 Å². The van der Waals surface area contributed by atoms with Gasteiger partial charge in [-0.25, -0.2) is 23.7 Å². The molecule has 1 aliphatic heterocycles. The number of aromatic nitrogens is 2. The number of aryl methyl sites for hydroxylation is 1. The number of carbonyl (C=O) groups is 2. The summed E-state index contributed by atoms with van der Waals surface area (Å²) >= 11 is 0. The number of guanidine groups is 1. The van der Waals surface area contributed by atoms with E-state index in [1.165, 1.54) is 19.3 Å². The number of hydrogen-bond donors (Lipinski definition) is 2. The van der Waals surface area contributed by atoms with Crippen molar-refractivity contribution in [1.29, 1.82) is 5.26 Å².